The number of rotatable bonds is 5. The SMILES string of the molecule is COC(=O)CCNC1CCCCC1CN. The van der Waals surface area contributed by atoms with E-state index in [1.807, 2.05) is 0 Å². The molecule has 1 aliphatic carbocycles. The number of nitrogens with two attached hydrogens (primary N) is 1. The Hall–Kier alpha value is -0.610. The molecule has 3 N–H and O–H groups in total. The molecule has 0 aliphatic heterocycles. The predicted molar refractivity (Wildman–Crippen MR) is 59.4 cm³/mol. The Morgan fingerprint density at radius 2 is 2.20 bits per heavy atom. The Morgan fingerprint density at radius 1 is 1.47 bits per heavy atom. The molecular weight excluding hydrogens is 192 g/mol. The van der Waals surface area contributed by atoms with Gasteiger partial charge in [-0.3, -0.25) is 4.79 Å². The number of carbonyl (C=O) groups is 1. The van der Waals surface area contributed by atoms with Crippen LogP contribution in [0.15, 0.2) is 0 Å². The minimum atomic E-state index is -0.150. The second-order valence-corrected chi connectivity index (χ2v) is 4.17. The molecular formula is C11H22N2O2. The zero-order valence-electron chi connectivity index (χ0n) is 9.50. The molecule has 88 valence electrons. The summed E-state index contributed by atoms with van der Waals surface area (Å²) in [5.74, 6) is 0.430. The van der Waals surface area contributed by atoms with Crippen LogP contribution in [0.2, 0.25) is 0 Å². The second kappa shape index (κ2) is 6.80. The summed E-state index contributed by atoms with van der Waals surface area (Å²) in [5.41, 5.74) is 5.72. The van der Waals surface area contributed by atoms with Crippen LogP contribution in [-0.4, -0.2) is 32.2 Å². The van der Waals surface area contributed by atoms with Crippen molar-refractivity contribution in [2.24, 2.45) is 11.7 Å². The van der Waals surface area contributed by atoms with Crippen molar-refractivity contribution in [3.63, 3.8) is 0 Å². The molecule has 0 amide bonds. The van der Waals surface area contributed by atoms with Gasteiger partial charge in [-0.25, -0.2) is 0 Å². The molecule has 4 heteroatoms. The van der Waals surface area contributed by atoms with E-state index in [-0.39, 0.29) is 5.97 Å². The summed E-state index contributed by atoms with van der Waals surface area (Å²) < 4.78 is 4.59. The number of hydrogen-bond acceptors (Lipinski definition) is 4. The van der Waals surface area contributed by atoms with Gasteiger partial charge >= 0.3 is 5.97 Å². The van der Waals surface area contributed by atoms with E-state index in [2.05, 4.69) is 10.1 Å². The Labute approximate surface area is 91.5 Å². The van der Waals surface area contributed by atoms with Crippen molar-refractivity contribution in [3.05, 3.63) is 0 Å². The van der Waals surface area contributed by atoms with E-state index in [0.717, 1.165) is 6.54 Å². The third-order valence-electron chi connectivity index (χ3n) is 3.18. The molecule has 2 atom stereocenters. The summed E-state index contributed by atoms with van der Waals surface area (Å²) in [6.07, 6.45) is 5.41. The zero-order valence-corrected chi connectivity index (χ0v) is 9.50. The number of nitrogens with one attached hydrogen (secondary N) is 1. The van der Waals surface area contributed by atoms with Crippen molar-refractivity contribution in [3.8, 4) is 0 Å². The maximum Gasteiger partial charge on any atom is 0.306 e. The minimum Gasteiger partial charge on any atom is -0.469 e. The maximum atomic E-state index is 10.9. The van der Waals surface area contributed by atoms with Crippen LogP contribution in [0.3, 0.4) is 0 Å². The van der Waals surface area contributed by atoms with E-state index in [0.29, 0.717) is 24.9 Å². The van der Waals surface area contributed by atoms with Crippen LogP contribution in [0.4, 0.5) is 0 Å². The number of hydrogen-bond donors (Lipinski definition) is 2. The predicted octanol–water partition coefficient (Wildman–Crippen LogP) is 0.657. The van der Waals surface area contributed by atoms with Gasteiger partial charge in [0, 0.05) is 12.6 Å². The average molecular weight is 214 g/mol. The maximum absolute atomic E-state index is 10.9. The first-order chi connectivity index (χ1) is 7.27. The Balaban J connectivity index is 2.20. The normalized spacial score (nSPS) is 26.3. The Kier molecular flexibility index (Phi) is 5.65. The molecule has 2 unspecified atom stereocenters. The van der Waals surface area contributed by atoms with Crippen LogP contribution in [0.5, 0.6) is 0 Å². The van der Waals surface area contributed by atoms with E-state index in [4.69, 9.17) is 5.73 Å². The molecule has 4 nitrogen and oxygen atoms in total. The van der Waals surface area contributed by atoms with Crippen molar-refractivity contribution in [1.29, 1.82) is 0 Å². The van der Waals surface area contributed by atoms with Gasteiger partial charge in [-0.1, -0.05) is 12.8 Å². The first-order valence-electron chi connectivity index (χ1n) is 5.78. The topological polar surface area (TPSA) is 64.3 Å². The molecule has 0 spiro atoms. The van der Waals surface area contributed by atoms with E-state index < -0.39 is 0 Å². The van der Waals surface area contributed by atoms with E-state index in [9.17, 15) is 4.79 Å². The molecule has 0 aromatic heterocycles. The molecule has 0 heterocycles. The van der Waals surface area contributed by atoms with E-state index in [1.165, 1.54) is 32.8 Å². The Morgan fingerprint density at radius 3 is 2.87 bits per heavy atom. The van der Waals surface area contributed by atoms with Gasteiger partial charge in [-0.2, -0.15) is 0 Å². The van der Waals surface area contributed by atoms with Crippen LogP contribution in [0, 0.1) is 5.92 Å². The molecule has 0 bridgehead atoms. The lowest BCUT2D eigenvalue weighted by molar-refractivity contribution is -0.140. The molecule has 0 aromatic rings. The van der Waals surface area contributed by atoms with Crippen LogP contribution in [0.25, 0.3) is 0 Å². The first-order valence-corrected chi connectivity index (χ1v) is 5.78. The monoisotopic (exact) mass is 214 g/mol. The molecule has 0 radical (unpaired) electrons. The van der Waals surface area contributed by atoms with Gasteiger partial charge < -0.3 is 15.8 Å². The van der Waals surface area contributed by atoms with Crippen molar-refractivity contribution in [2.45, 2.75) is 38.1 Å². The fourth-order valence-electron chi connectivity index (χ4n) is 2.22. The fraction of sp³-hybridized carbons (Fsp3) is 0.909. The van der Waals surface area contributed by atoms with Gasteiger partial charge in [0.25, 0.3) is 0 Å². The highest BCUT2D eigenvalue weighted by Crippen LogP contribution is 2.23. The number of esters is 1. The molecule has 1 aliphatic rings. The van der Waals surface area contributed by atoms with Crippen LogP contribution in [0.1, 0.15) is 32.1 Å². The molecule has 0 saturated heterocycles. The summed E-state index contributed by atoms with van der Waals surface area (Å²) in [7, 11) is 1.42. The largest absolute Gasteiger partial charge is 0.469 e. The highest BCUT2D eigenvalue weighted by Gasteiger charge is 2.23. The molecule has 1 fully saturated rings. The highest BCUT2D eigenvalue weighted by molar-refractivity contribution is 5.69. The lowest BCUT2D eigenvalue weighted by atomic mass is 9.84. The lowest BCUT2D eigenvalue weighted by Gasteiger charge is -2.31. The first kappa shape index (κ1) is 12.5. The van der Waals surface area contributed by atoms with Gasteiger partial charge in [0.15, 0.2) is 0 Å². The highest BCUT2D eigenvalue weighted by atomic mass is 16.5. The van der Waals surface area contributed by atoms with Crippen LogP contribution >= 0.6 is 0 Å². The van der Waals surface area contributed by atoms with Gasteiger partial charge in [-0.15, -0.1) is 0 Å². The summed E-state index contributed by atoms with van der Waals surface area (Å²) in [6, 6.07) is 0.494. The summed E-state index contributed by atoms with van der Waals surface area (Å²) >= 11 is 0. The van der Waals surface area contributed by atoms with Crippen molar-refractivity contribution >= 4 is 5.97 Å². The third-order valence-corrected chi connectivity index (χ3v) is 3.18. The summed E-state index contributed by atoms with van der Waals surface area (Å²) in [6.45, 7) is 1.45. The van der Waals surface area contributed by atoms with Gasteiger partial charge in [-0.05, 0) is 25.3 Å². The smallest absolute Gasteiger partial charge is 0.306 e. The average Bonchev–Trinajstić information content (AvgIpc) is 2.29. The summed E-state index contributed by atoms with van der Waals surface area (Å²) in [5, 5.41) is 3.41. The quantitative estimate of drug-likeness (QED) is 0.660. The van der Waals surface area contributed by atoms with Crippen LogP contribution < -0.4 is 11.1 Å². The standard InChI is InChI=1S/C11H22N2O2/c1-15-11(14)6-7-13-10-5-3-2-4-9(10)8-12/h9-10,13H,2-8,12H2,1H3. The van der Waals surface area contributed by atoms with Crippen molar-refractivity contribution in [1.82, 2.24) is 5.32 Å². The van der Waals surface area contributed by atoms with Gasteiger partial charge in [0.05, 0.1) is 13.5 Å². The molecule has 1 saturated carbocycles. The molecule has 1 rings (SSSR count). The zero-order chi connectivity index (χ0) is 11.1. The van der Waals surface area contributed by atoms with Gasteiger partial charge in [0.1, 0.15) is 0 Å². The van der Waals surface area contributed by atoms with E-state index in [1.54, 1.807) is 0 Å². The number of carbonyl (C=O) groups excluding carboxylic acids is 1. The van der Waals surface area contributed by atoms with Crippen LogP contribution in [-0.2, 0) is 9.53 Å². The second-order valence-electron chi connectivity index (χ2n) is 4.17. The third kappa shape index (κ3) is 4.18. The van der Waals surface area contributed by atoms with Crippen molar-refractivity contribution in [2.75, 3.05) is 20.2 Å². The minimum absolute atomic E-state index is 0.150. The molecule has 0 aromatic carbocycles. The lowest BCUT2D eigenvalue weighted by Crippen LogP contribution is -2.42. The molecule has 15 heavy (non-hydrogen) atoms. The van der Waals surface area contributed by atoms with Gasteiger partial charge in [0.2, 0.25) is 0 Å². The van der Waals surface area contributed by atoms with Crippen molar-refractivity contribution < 1.29 is 9.53 Å². The fourth-order valence-corrected chi connectivity index (χ4v) is 2.22. The number of ether oxygens (including phenoxy) is 1. The summed E-state index contributed by atoms with van der Waals surface area (Å²) in [4.78, 5) is 10.9. The van der Waals surface area contributed by atoms with E-state index >= 15 is 0 Å². The number of methoxy groups -OCH3 is 1. The Bertz CT molecular complexity index is 197.